The lowest BCUT2D eigenvalue weighted by molar-refractivity contribution is -0.0619. The van der Waals surface area contributed by atoms with E-state index in [0.717, 1.165) is 4.57 Å². The van der Waals surface area contributed by atoms with Gasteiger partial charge in [-0.1, -0.05) is 0 Å². The SMILES string of the molecule is O=C(NOC(CO)CO)c1c(Nc2ccc(I)cc2F)c(F)c(=O)n2c1CCC2. The van der Waals surface area contributed by atoms with Gasteiger partial charge in [0, 0.05) is 15.8 Å². The van der Waals surface area contributed by atoms with E-state index in [1.54, 1.807) is 6.07 Å². The minimum absolute atomic E-state index is 0.106. The summed E-state index contributed by atoms with van der Waals surface area (Å²) in [5.74, 6) is -2.80. The number of halogens is 3. The molecule has 3 rings (SSSR count). The Morgan fingerprint density at radius 2 is 2.03 bits per heavy atom. The number of fused-ring (bicyclic) bond motifs is 1. The standard InChI is InChI=1S/C18H18F2IN3O5/c19-11-6-9(21)3-4-12(11)22-16-14(17(27)23-29-10(7-25)8-26)13-2-1-5-24(13)18(28)15(16)20/h3-4,6,10,22,25-26H,1-2,5,7-8H2,(H,23,27). The van der Waals surface area contributed by atoms with E-state index >= 15 is 0 Å². The van der Waals surface area contributed by atoms with Gasteiger partial charge in [-0.05, 0) is 53.6 Å². The number of hydroxylamine groups is 1. The molecule has 2 heterocycles. The molecule has 2 aromatic rings. The van der Waals surface area contributed by atoms with Crippen molar-refractivity contribution in [3.63, 3.8) is 0 Å². The Kier molecular flexibility index (Phi) is 6.82. The molecule has 0 atom stereocenters. The van der Waals surface area contributed by atoms with Crippen molar-refractivity contribution in [1.82, 2.24) is 10.0 Å². The maximum atomic E-state index is 14.9. The van der Waals surface area contributed by atoms with E-state index in [2.05, 4.69) is 10.8 Å². The predicted octanol–water partition coefficient (Wildman–Crippen LogP) is 1.44. The van der Waals surface area contributed by atoms with Gasteiger partial charge in [0.15, 0.2) is 0 Å². The number of rotatable bonds is 7. The molecule has 0 saturated carbocycles. The van der Waals surface area contributed by atoms with Crippen molar-refractivity contribution in [2.75, 3.05) is 18.5 Å². The van der Waals surface area contributed by atoms with Crippen molar-refractivity contribution in [3.05, 3.63) is 55.0 Å². The van der Waals surface area contributed by atoms with Crippen LogP contribution in [0.5, 0.6) is 0 Å². The quantitative estimate of drug-likeness (QED) is 0.324. The van der Waals surface area contributed by atoms with E-state index < -0.39 is 48.1 Å². The summed E-state index contributed by atoms with van der Waals surface area (Å²) in [6.45, 7) is -0.868. The summed E-state index contributed by atoms with van der Waals surface area (Å²) < 4.78 is 30.9. The van der Waals surface area contributed by atoms with Crippen molar-refractivity contribution < 1.29 is 28.6 Å². The van der Waals surface area contributed by atoms with Gasteiger partial charge in [-0.3, -0.25) is 14.4 Å². The number of amides is 1. The topological polar surface area (TPSA) is 113 Å². The van der Waals surface area contributed by atoms with E-state index in [4.69, 9.17) is 15.1 Å². The first-order chi connectivity index (χ1) is 13.9. The molecule has 0 radical (unpaired) electrons. The molecule has 1 aromatic carbocycles. The molecule has 29 heavy (non-hydrogen) atoms. The summed E-state index contributed by atoms with van der Waals surface area (Å²) >= 11 is 1.91. The molecule has 0 spiro atoms. The van der Waals surface area contributed by atoms with Crippen LogP contribution in [0.15, 0.2) is 23.0 Å². The Morgan fingerprint density at radius 3 is 2.69 bits per heavy atom. The van der Waals surface area contributed by atoms with Gasteiger partial charge >= 0.3 is 0 Å². The molecule has 0 saturated heterocycles. The highest BCUT2D eigenvalue weighted by molar-refractivity contribution is 14.1. The lowest BCUT2D eigenvalue weighted by Crippen LogP contribution is -2.36. The van der Waals surface area contributed by atoms with Crippen LogP contribution in [0.25, 0.3) is 0 Å². The lowest BCUT2D eigenvalue weighted by Gasteiger charge is -2.19. The third-order valence-corrected chi connectivity index (χ3v) is 5.13. The van der Waals surface area contributed by atoms with Gasteiger partial charge in [-0.2, -0.15) is 4.39 Å². The van der Waals surface area contributed by atoms with Crippen LogP contribution in [-0.4, -0.2) is 40.0 Å². The minimum atomic E-state index is -1.22. The van der Waals surface area contributed by atoms with E-state index in [1.165, 1.54) is 12.1 Å². The normalized spacial score (nSPS) is 12.9. The van der Waals surface area contributed by atoms with Crippen LogP contribution < -0.4 is 16.4 Å². The third-order valence-electron chi connectivity index (χ3n) is 4.46. The molecule has 4 N–H and O–H groups in total. The Hall–Kier alpha value is -2.09. The number of hydrogen-bond acceptors (Lipinski definition) is 6. The molecule has 1 aromatic heterocycles. The second kappa shape index (κ2) is 9.15. The van der Waals surface area contributed by atoms with Crippen LogP contribution in [-0.2, 0) is 17.8 Å². The predicted molar refractivity (Wildman–Crippen MR) is 108 cm³/mol. The number of pyridine rings is 1. The molecule has 0 bridgehead atoms. The van der Waals surface area contributed by atoms with Crippen molar-refractivity contribution in [2.45, 2.75) is 25.5 Å². The Labute approximate surface area is 177 Å². The van der Waals surface area contributed by atoms with Crippen LogP contribution in [0.4, 0.5) is 20.2 Å². The number of carbonyl (C=O) groups is 1. The van der Waals surface area contributed by atoms with Crippen LogP contribution in [0.2, 0.25) is 0 Å². The maximum absolute atomic E-state index is 14.9. The van der Waals surface area contributed by atoms with E-state index in [1.807, 2.05) is 22.6 Å². The van der Waals surface area contributed by atoms with Crippen LogP contribution in [0.1, 0.15) is 22.5 Å². The lowest BCUT2D eigenvalue weighted by atomic mass is 10.1. The molecule has 1 aliphatic heterocycles. The number of carbonyl (C=O) groups excluding carboxylic acids is 1. The number of nitrogens with one attached hydrogen (secondary N) is 2. The Balaban J connectivity index is 2.06. The summed E-state index contributed by atoms with van der Waals surface area (Å²) in [7, 11) is 0. The van der Waals surface area contributed by atoms with E-state index in [0.29, 0.717) is 16.4 Å². The zero-order chi connectivity index (χ0) is 21.1. The number of aliphatic hydroxyl groups excluding tert-OH is 2. The fourth-order valence-corrected chi connectivity index (χ4v) is 3.50. The van der Waals surface area contributed by atoms with Gasteiger partial charge in [-0.25, -0.2) is 9.87 Å². The monoisotopic (exact) mass is 521 g/mol. The fraction of sp³-hybridized carbons (Fsp3) is 0.333. The number of aromatic nitrogens is 1. The third kappa shape index (κ3) is 4.42. The summed E-state index contributed by atoms with van der Waals surface area (Å²) in [6.07, 6.45) is -0.202. The molecule has 0 aliphatic carbocycles. The average Bonchev–Trinajstić information content (AvgIpc) is 3.18. The molecular weight excluding hydrogens is 503 g/mol. The van der Waals surface area contributed by atoms with Gasteiger partial charge in [-0.15, -0.1) is 0 Å². The highest BCUT2D eigenvalue weighted by Crippen LogP contribution is 2.30. The van der Waals surface area contributed by atoms with Gasteiger partial charge in [0.05, 0.1) is 30.2 Å². The summed E-state index contributed by atoms with van der Waals surface area (Å²) in [5.41, 5.74) is 0.657. The van der Waals surface area contributed by atoms with Crippen LogP contribution in [0.3, 0.4) is 0 Å². The molecule has 1 aliphatic rings. The zero-order valence-corrected chi connectivity index (χ0v) is 17.2. The van der Waals surface area contributed by atoms with Gasteiger partial charge in [0.2, 0.25) is 5.82 Å². The van der Waals surface area contributed by atoms with Gasteiger partial charge < -0.3 is 20.1 Å². The number of nitrogens with zero attached hydrogens (tertiary/aromatic N) is 1. The largest absolute Gasteiger partial charge is 0.393 e. The molecule has 11 heteroatoms. The van der Waals surface area contributed by atoms with Crippen molar-refractivity contribution >= 4 is 39.9 Å². The van der Waals surface area contributed by atoms with E-state index in [9.17, 15) is 18.4 Å². The Morgan fingerprint density at radius 1 is 1.31 bits per heavy atom. The Bertz CT molecular complexity index is 994. The smallest absolute Gasteiger partial charge is 0.289 e. The number of anilines is 2. The van der Waals surface area contributed by atoms with Gasteiger partial charge in [0.1, 0.15) is 11.9 Å². The number of hydrogen-bond donors (Lipinski definition) is 4. The first-order valence-electron chi connectivity index (χ1n) is 8.72. The average molecular weight is 521 g/mol. The van der Waals surface area contributed by atoms with Gasteiger partial charge in [0.25, 0.3) is 11.5 Å². The maximum Gasteiger partial charge on any atom is 0.289 e. The highest BCUT2D eigenvalue weighted by Gasteiger charge is 2.30. The molecule has 0 fully saturated rings. The molecule has 1 amide bonds. The number of benzene rings is 1. The number of aliphatic hydroxyl groups is 2. The molecule has 0 unspecified atom stereocenters. The molecular formula is C18H18F2IN3O5. The molecule has 8 nitrogen and oxygen atoms in total. The summed E-state index contributed by atoms with van der Waals surface area (Å²) in [4.78, 5) is 30.0. The van der Waals surface area contributed by atoms with Crippen LogP contribution in [0, 0.1) is 15.2 Å². The first kappa shape index (κ1) is 21.6. The summed E-state index contributed by atoms with van der Waals surface area (Å²) in [5, 5.41) is 20.6. The van der Waals surface area contributed by atoms with Crippen molar-refractivity contribution in [2.24, 2.45) is 0 Å². The molecule has 156 valence electrons. The second-order valence-corrected chi connectivity index (χ2v) is 7.60. The highest BCUT2D eigenvalue weighted by atomic mass is 127. The van der Waals surface area contributed by atoms with E-state index in [-0.39, 0.29) is 23.5 Å². The minimum Gasteiger partial charge on any atom is -0.393 e. The van der Waals surface area contributed by atoms with Crippen molar-refractivity contribution in [1.29, 1.82) is 0 Å². The zero-order valence-electron chi connectivity index (χ0n) is 15.0. The fourth-order valence-electron chi connectivity index (χ4n) is 3.05. The second-order valence-electron chi connectivity index (χ2n) is 6.36. The first-order valence-corrected chi connectivity index (χ1v) is 9.80. The van der Waals surface area contributed by atoms with Crippen LogP contribution >= 0.6 is 22.6 Å². The van der Waals surface area contributed by atoms with Crippen molar-refractivity contribution in [3.8, 4) is 0 Å². The summed E-state index contributed by atoms with van der Waals surface area (Å²) in [6, 6.07) is 4.17.